The van der Waals surface area contributed by atoms with Crippen LogP contribution in [0.15, 0.2) is 81.1 Å². The van der Waals surface area contributed by atoms with Gasteiger partial charge >= 0.3 is 0 Å². The van der Waals surface area contributed by atoms with Crippen LogP contribution < -0.4 is 0 Å². The predicted octanol–water partition coefficient (Wildman–Crippen LogP) is 4.98. The summed E-state index contributed by atoms with van der Waals surface area (Å²) in [6, 6.07) is 17.9. The molecule has 0 aliphatic carbocycles. The number of hydrogen-bond donors (Lipinski definition) is 0. The van der Waals surface area contributed by atoms with Crippen molar-refractivity contribution in [2.75, 3.05) is 0 Å². The molecule has 0 amide bonds. The van der Waals surface area contributed by atoms with Crippen molar-refractivity contribution < 1.29 is 4.52 Å². The van der Waals surface area contributed by atoms with Crippen LogP contribution in [0.3, 0.4) is 0 Å². The number of thioether (sulfide) groups is 1. The molecule has 2 aromatic heterocycles. The highest BCUT2D eigenvalue weighted by Gasteiger charge is 2.12. The lowest BCUT2D eigenvalue weighted by Crippen LogP contribution is -1.94. The van der Waals surface area contributed by atoms with Crippen LogP contribution >= 0.6 is 27.7 Å². The van der Waals surface area contributed by atoms with Gasteiger partial charge in [-0.3, -0.25) is 4.57 Å². The number of halogens is 1. The molecule has 0 N–H and O–H groups in total. The van der Waals surface area contributed by atoms with E-state index in [9.17, 15) is 0 Å². The summed E-state index contributed by atoms with van der Waals surface area (Å²) >= 11 is 5.01. The van der Waals surface area contributed by atoms with Crippen molar-refractivity contribution in [2.45, 2.75) is 10.9 Å². The molecule has 4 rings (SSSR count). The Morgan fingerprint density at radius 3 is 2.80 bits per heavy atom. The molecule has 0 fully saturated rings. The summed E-state index contributed by atoms with van der Waals surface area (Å²) < 4.78 is 8.39. The zero-order chi connectivity index (χ0) is 17.1. The highest BCUT2D eigenvalue weighted by atomic mass is 79.9. The van der Waals surface area contributed by atoms with Gasteiger partial charge in [-0.25, -0.2) is 4.98 Å². The van der Waals surface area contributed by atoms with Crippen molar-refractivity contribution in [3.05, 3.63) is 77.4 Å². The monoisotopic (exact) mass is 412 g/mol. The molecule has 0 radical (unpaired) electrons. The number of rotatable bonds is 5. The van der Waals surface area contributed by atoms with Crippen molar-refractivity contribution >= 4 is 27.7 Å². The third-order valence-corrected chi connectivity index (χ3v) is 4.96. The summed E-state index contributed by atoms with van der Waals surface area (Å²) in [5.41, 5.74) is 1.99. The summed E-state index contributed by atoms with van der Waals surface area (Å²) in [6.45, 7) is 0. The minimum Gasteiger partial charge on any atom is -0.338 e. The van der Waals surface area contributed by atoms with Gasteiger partial charge < -0.3 is 4.52 Å². The molecular formula is C18H13BrN4OS. The van der Waals surface area contributed by atoms with Crippen LogP contribution in [0.2, 0.25) is 0 Å². The minimum atomic E-state index is 0.560. The van der Waals surface area contributed by atoms with Gasteiger partial charge in [0.15, 0.2) is 5.16 Å². The van der Waals surface area contributed by atoms with Crippen LogP contribution in [0.4, 0.5) is 0 Å². The van der Waals surface area contributed by atoms with Gasteiger partial charge in [-0.05, 0) is 24.3 Å². The molecule has 0 spiro atoms. The lowest BCUT2D eigenvalue weighted by Gasteiger charge is -2.05. The molecule has 124 valence electrons. The maximum Gasteiger partial charge on any atom is 0.237 e. The molecule has 2 aromatic carbocycles. The van der Waals surface area contributed by atoms with Crippen LogP contribution in [-0.4, -0.2) is 19.7 Å². The summed E-state index contributed by atoms with van der Waals surface area (Å²) in [5, 5.41) is 4.94. The molecule has 0 bridgehead atoms. The fourth-order valence-corrected chi connectivity index (χ4v) is 3.58. The molecule has 0 saturated carbocycles. The van der Waals surface area contributed by atoms with Gasteiger partial charge in [0.1, 0.15) is 0 Å². The van der Waals surface area contributed by atoms with Crippen LogP contribution in [0.25, 0.3) is 17.1 Å². The molecule has 25 heavy (non-hydrogen) atoms. The largest absolute Gasteiger partial charge is 0.338 e. The van der Waals surface area contributed by atoms with Gasteiger partial charge in [-0.15, -0.1) is 0 Å². The first kappa shape index (κ1) is 16.1. The molecule has 7 heteroatoms. The number of para-hydroxylation sites is 1. The Morgan fingerprint density at radius 1 is 1.08 bits per heavy atom. The summed E-state index contributed by atoms with van der Waals surface area (Å²) in [4.78, 5) is 8.88. The Kier molecular flexibility index (Phi) is 4.67. The Morgan fingerprint density at radius 2 is 1.96 bits per heavy atom. The molecular weight excluding hydrogens is 400 g/mol. The lowest BCUT2D eigenvalue weighted by molar-refractivity contribution is 0.391. The smallest absolute Gasteiger partial charge is 0.237 e. The number of aromatic nitrogens is 4. The van der Waals surface area contributed by atoms with E-state index in [-0.39, 0.29) is 0 Å². The van der Waals surface area contributed by atoms with Crippen molar-refractivity contribution in [1.29, 1.82) is 0 Å². The second kappa shape index (κ2) is 7.25. The molecule has 4 aromatic rings. The quantitative estimate of drug-likeness (QED) is 0.432. The molecule has 0 saturated heterocycles. The summed E-state index contributed by atoms with van der Waals surface area (Å²) in [6.07, 6.45) is 3.73. The van der Waals surface area contributed by atoms with Crippen molar-refractivity contribution in [3.63, 3.8) is 0 Å². The van der Waals surface area contributed by atoms with Crippen LogP contribution in [0, 0.1) is 0 Å². The molecule has 2 heterocycles. The maximum atomic E-state index is 5.37. The second-order valence-corrected chi connectivity index (χ2v) is 7.08. The molecule has 0 unspecified atom stereocenters. The Balaban J connectivity index is 1.49. The number of hydrogen-bond acceptors (Lipinski definition) is 5. The minimum absolute atomic E-state index is 0.560. The van der Waals surface area contributed by atoms with E-state index < -0.39 is 0 Å². The maximum absolute atomic E-state index is 5.37. The highest BCUT2D eigenvalue weighted by Crippen LogP contribution is 2.25. The summed E-state index contributed by atoms with van der Waals surface area (Å²) in [5.74, 6) is 1.72. The number of imidazole rings is 1. The topological polar surface area (TPSA) is 56.7 Å². The molecule has 5 nitrogen and oxygen atoms in total. The van der Waals surface area contributed by atoms with Gasteiger partial charge in [0.25, 0.3) is 0 Å². The standard InChI is InChI=1S/C18H13BrN4OS/c19-14-6-4-5-13(11-14)17-21-16(24-22-17)12-25-18-20-9-10-23(18)15-7-2-1-3-8-15/h1-11H,12H2. The van der Waals surface area contributed by atoms with E-state index in [4.69, 9.17) is 4.52 Å². The zero-order valence-corrected chi connectivity index (χ0v) is 15.4. The molecule has 0 atom stereocenters. The van der Waals surface area contributed by atoms with Crippen LogP contribution in [0.5, 0.6) is 0 Å². The van der Waals surface area contributed by atoms with Gasteiger partial charge in [0.05, 0.1) is 5.75 Å². The molecule has 0 aliphatic rings. The molecule has 0 aliphatic heterocycles. The van der Waals surface area contributed by atoms with E-state index in [1.54, 1.807) is 18.0 Å². The SMILES string of the molecule is Brc1cccc(-c2noc(CSc3nccn3-c3ccccc3)n2)c1. The predicted molar refractivity (Wildman–Crippen MR) is 101 cm³/mol. The Bertz CT molecular complexity index is 983. The Hall–Kier alpha value is -2.38. The average Bonchev–Trinajstić information content (AvgIpc) is 3.30. The first-order valence-corrected chi connectivity index (χ1v) is 9.37. The summed E-state index contributed by atoms with van der Waals surface area (Å²) in [7, 11) is 0. The fourth-order valence-electron chi connectivity index (χ4n) is 2.37. The van der Waals surface area contributed by atoms with Gasteiger partial charge in [0, 0.05) is 28.1 Å². The van der Waals surface area contributed by atoms with Crippen molar-refractivity contribution in [2.24, 2.45) is 0 Å². The van der Waals surface area contributed by atoms with Crippen LogP contribution in [0.1, 0.15) is 5.89 Å². The van der Waals surface area contributed by atoms with Gasteiger partial charge in [-0.1, -0.05) is 63.2 Å². The third-order valence-electron chi connectivity index (χ3n) is 3.52. The first-order chi connectivity index (χ1) is 12.3. The van der Waals surface area contributed by atoms with E-state index in [1.807, 2.05) is 65.4 Å². The Labute approximate surface area is 157 Å². The van der Waals surface area contributed by atoms with E-state index in [0.717, 1.165) is 20.9 Å². The third kappa shape index (κ3) is 3.67. The number of benzene rings is 2. The van der Waals surface area contributed by atoms with Crippen molar-refractivity contribution in [3.8, 4) is 17.1 Å². The second-order valence-electron chi connectivity index (χ2n) is 5.23. The first-order valence-electron chi connectivity index (χ1n) is 7.60. The zero-order valence-electron chi connectivity index (χ0n) is 13.0. The fraction of sp³-hybridized carbons (Fsp3) is 0.0556. The van der Waals surface area contributed by atoms with Gasteiger partial charge in [-0.2, -0.15) is 4.98 Å². The average molecular weight is 413 g/mol. The number of nitrogens with zero attached hydrogens (tertiary/aromatic N) is 4. The van der Waals surface area contributed by atoms with E-state index in [0.29, 0.717) is 17.5 Å². The van der Waals surface area contributed by atoms with E-state index in [1.165, 1.54) is 0 Å². The van der Waals surface area contributed by atoms with Gasteiger partial charge in [0.2, 0.25) is 11.7 Å². The lowest BCUT2D eigenvalue weighted by atomic mass is 10.2. The highest BCUT2D eigenvalue weighted by molar-refractivity contribution is 9.10. The van der Waals surface area contributed by atoms with E-state index in [2.05, 4.69) is 31.1 Å². The van der Waals surface area contributed by atoms with Crippen LogP contribution in [-0.2, 0) is 5.75 Å². The van der Waals surface area contributed by atoms with E-state index >= 15 is 0 Å². The normalized spacial score (nSPS) is 10.9. The van der Waals surface area contributed by atoms with Crippen molar-refractivity contribution in [1.82, 2.24) is 19.7 Å².